The predicted molar refractivity (Wildman–Crippen MR) is 117 cm³/mol. The predicted octanol–water partition coefficient (Wildman–Crippen LogP) is 2.73. The molecule has 1 atom stereocenters. The minimum atomic E-state index is -0.576. The third kappa shape index (κ3) is 4.17. The van der Waals surface area contributed by atoms with Crippen LogP contribution in [0.3, 0.4) is 0 Å². The van der Waals surface area contributed by atoms with Crippen molar-refractivity contribution in [2.45, 2.75) is 45.1 Å². The third-order valence-corrected chi connectivity index (χ3v) is 6.06. The molecular formula is C24H27N3O4. The van der Waals surface area contributed by atoms with Gasteiger partial charge in [-0.05, 0) is 50.1 Å². The van der Waals surface area contributed by atoms with Gasteiger partial charge in [-0.25, -0.2) is 0 Å². The average Bonchev–Trinajstić information content (AvgIpc) is 2.79. The van der Waals surface area contributed by atoms with Crippen molar-refractivity contribution in [3.8, 4) is 0 Å². The molecule has 0 radical (unpaired) electrons. The molecule has 7 nitrogen and oxygen atoms in total. The van der Waals surface area contributed by atoms with Crippen LogP contribution in [0.1, 0.15) is 59.7 Å². The molecule has 1 N–H and O–H groups in total. The monoisotopic (exact) mass is 421 g/mol. The number of amides is 4. The number of carbonyl (C=O) groups excluding carboxylic acids is 4. The van der Waals surface area contributed by atoms with E-state index in [4.69, 9.17) is 0 Å². The van der Waals surface area contributed by atoms with Crippen molar-refractivity contribution in [1.29, 1.82) is 0 Å². The van der Waals surface area contributed by atoms with Crippen LogP contribution in [0.4, 0.5) is 0 Å². The standard InChI is InChI=1S/C24H27N3O4/c1-16(22(29)26-13-3-2-4-14-26)25-20(28)12-7-15-27-23(30)18-10-5-8-17-9-6-11-19(21(17)18)24(27)31/h5-6,8-11,16H,2-4,7,12-15H2,1H3,(H,25,28). The van der Waals surface area contributed by atoms with Crippen LogP contribution in [0.25, 0.3) is 10.8 Å². The van der Waals surface area contributed by atoms with Crippen LogP contribution in [0.15, 0.2) is 36.4 Å². The molecular weight excluding hydrogens is 394 g/mol. The van der Waals surface area contributed by atoms with E-state index >= 15 is 0 Å². The summed E-state index contributed by atoms with van der Waals surface area (Å²) in [6.07, 6.45) is 3.62. The maximum absolute atomic E-state index is 12.9. The maximum Gasteiger partial charge on any atom is 0.261 e. The molecule has 2 aliphatic rings. The first-order valence-corrected chi connectivity index (χ1v) is 10.9. The Kier molecular flexibility index (Phi) is 6.02. The van der Waals surface area contributed by atoms with Crippen LogP contribution in [0.5, 0.6) is 0 Å². The minimum absolute atomic E-state index is 0.0564. The number of imide groups is 1. The summed E-state index contributed by atoms with van der Waals surface area (Å²) in [6.45, 7) is 3.34. The van der Waals surface area contributed by atoms with E-state index in [-0.39, 0.29) is 36.6 Å². The van der Waals surface area contributed by atoms with Crippen LogP contribution in [0.2, 0.25) is 0 Å². The lowest BCUT2D eigenvalue weighted by Crippen LogP contribution is -2.48. The Morgan fingerprint density at radius 1 is 0.968 bits per heavy atom. The molecule has 0 aromatic heterocycles. The Labute approximate surface area is 181 Å². The SMILES string of the molecule is CC(NC(=O)CCCN1C(=O)c2cccc3cccc(c23)C1=O)C(=O)N1CCCCC1. The van der Waals surface area contributed by atoms with E-state index in [0.717, 1.165) is 37.7 Å². The summed E-state index contributed by atoms with van der Waals surface area (Å²) in [4.78, 5) is 53.6. The average molecular weight is 421 g/mol. The van der Waals surface area contributed by atoms with E-state index < -0.39 is 6.04 Å². The number of hydrogen-bond donors (Lipinski definition) is 1. The van der Waals surface area contributed by atoms with Gasteiger partial charge in [0.2, 0.25) is 11.8 Å². The van der Waals surface area contributed by atoms with Gasteiger partial charge in [-0.2, -0.15) is 0 Å². The molecule has 1 saturated heterocycles. The summed E-state index contributed by atoms with van der Waals surface area (Å²) in [7, 11) is 0. The second-order valence-electron chi connectivity index (χ2n) is 8.25. The van der Waals surface area contributed by atoms with E-state index in [1.165, 1.54) is 4.90 Å². The summed E-state index contributed by atoms with van der Waals surface area (Å²) in [6, 6.07) is 10.3. The first-order valence-electron chi connectivity index (χ1n) is 10.9. The van der Waals surface area contributed by atoms with E-state index in [1.54, 1.807) is 24.0 Å². The highest BCUT2D eigenvalue weighted by Crippen LogP contribution is 2.30. The molecule has 4 amide bonds. The zero-order valence-electron chi connectivity index (χ0n) is 17.7. The summed E-state index contributed by atoms with van der Waals surface area (Å²) in [5, 5.41) is 4.31. The molecule has 162 valence electrons. The lowest BCUT2D eigenvalue weighted by atomic mass is 9.94. The van der Waals surface area contributed by atoms with E-state index in [1.807, 2.05) is 24.3 Å². The van der Waals surface area contributed by atoms with Gasteiger partial charge in [-0.3, -0.25) is 24.1 Å². The zero-order chi connectivity index (χ0) is 22.0. The summed E-state index contributed by atoms with van der Waals surface area (Å²) < 4.78 is 0. The highest BCUT2D eigenvalue weighted by molar-refractivity contribution is 6.25. The largest absolute Gasteiger partial charge is 0.345 e. The summed E-state index contributed by atoms with van der Waals surface area (Å²) in [5.74, 6) is -0.969. The van der Waals surface area contributed by atoms with Gasteiger partial charge in [0, 0.05) is 42.6 Å². The van der Waals surface area contributed by atoms with Crippen LogP contribution in [-0.4, -0.2) is 59.1 Å². The fraction of sp³-hybridized carbons (Fsp3) is 0.417. The number of rotatable bonds is 6. The van der Waals surface area contributed by atoms with Gasteiger partial charge in [0.05, 0.1) is 0 Å². The first kappa shape index (κ1) is 21.0. The van der Waals surface area contributed by atoms with Crippen LogP contribution < -0.4 is 5.32 Å². The van der Waals surface area contributed by atoms with Gasteiger partial charge in [-0.15, -0.1) is 0 Å². The van der Waals surface area contributed by atoms with Gasteiger partial charge >= 0.3 is 0 Å². The fourth-order valence-corrected chi connectivity index (χ4v) is 4.44. The number of benzene rings is 2. The number of carbonyl (C=O) groups is 4. The fourth-order valence-electron chi connectivity index (χ4n) is 4.44. The molecule has 2 aromatic carbocycles. The van der Waals surface area contributed by atoms with Crippen LogP contribution in [0, 0.1) is 0 Å². The van der Waals surface area contributed by atoms with Gasteiger partial charge in [0.25, 0.3) is 11.8 Å². The van der Waals surface area contributed by atoms with Crippen molar-refractivity contribution < 1.29 is 19.2 Å². The normalized spacial score (nSPS) is 17.1. The summed E-state index contributed by atoms with van der Waals surface area (Å²) >= 11 is 0. The van der Waals surface area contributed by atoms with Crippen molar-refractivity contribution in [2.24, 2.45) is 0 Å². The van der Waals surface area contributed by atoms with E-state index in [2.05, 4.69) is 5.32 Å². The van der Waals surface area contributed by atoms with Crippen molar-refractivity contribution in [1.82, 2.24) is 15.1 Å². The quantitative estimate of drug-likeness (QED) is 0.727. The Morgan fingerprint density at radius 2 is 1.58 bits per heavy atom. The summed E-state index contributed by atoms with van der Waals surface area (Å²) in [5.41, 5.74) is 1.02. The second kappa shape index (κ2) is 8.88. The van der Waals surface area contributed by atoms with Crippen molar-refractivity contribution in [3.63, 3.8) is 0 Å². The molecule has 0 aliphatic carbocycles. The number of nitrogens with zero attached hydrogens (tertiary/aromatic N) is 2. The molecule has 0 spiro atoms. The third-order valence-electron chi connectivity index (χ3n) is 6.06. The Bertz CT molecular complexity index is 992. The Hall–Kier alpha value is -3.22. The van der Waals surface area contributed by atoms with Gasteiger partial charge in [-0.1, -0.05) is 24.3 Å². The van der Waals surface area contributed by atoms with E-state index in [0.29, 0.717) is 22.9 Å². The second-order valence-corrected chi connectivity index (χ2v) is 8.25. The highest BCUT2D eigenvalue weighted by atomic mass is 16.2. The van der Waals surface area contributed by atoms with Gasteiger partial charge in [0.1, 0.15) is 6.04 Å². The molecule has 7 heteroatoms. The molecule has 0 bridgehead atoms. The minimum Gasteiger partial charge on any atom is -0.345 e. The first-order chi connectivity index (χ1) is 15.0. The topological polar surface area (TPSA) is 86.8 Å². The zero-order valence-corrected chi connectivity index (χ0v) is 17.7. The maximum atomic E-state index is 12.9. The van der Waals surface area contributed by atoms with E-state index in [9.17, 15) is 19.2 Å². The molecule has 1 unspecified atom stereocenters. The lowest BCUT2D eigenvalue weighted by molar-refractivity contribution is -0.136. The van der Waals surface area contributed by atoms with Crippen molar-refractivity contribution in [2.75, 3.05) is 19.6 Å². The molecule has 2 aromatic rings. The smallest absolute Gasteiger partial charge is 0.261 e. The molecule has 0 saturated carbocycles. The van der Waals surface area contributed by atoms with Gasteiger partial charge < -0.3 is 10.2 Å². The molecule has 2 aliphatic heterocycles. The lowest BCUT2D eigenvalue weighted by Gasteiger charge is -2.29. The number of nitrogens with one attached hydrogen (secondary N) is 1. The highest BCUT2D eigenvalue weighted by Gasteiger charge is 2.32. The van der Waals surface area contributed by atoms with Gasteiger partial charge in [0.15, 0.2) is 0 Å². The van der Waals surface area contributed by atoms with Crippen LogP contribution in [-0.2, 0) is 9.59 Å². The van der Waals surface area contributed by atoms with Crippen molar-refractivity contribution in [3.05, 3.63) is 47.5 Å². The molecule has 31 heavy (non-hydrogen) atoms. The molecule has 2 heterocycles. The molecule has 4 rings (SSSR count). The Morgan fingerprint density at radius 3 is 2.19 bits per heavy atom. The number of piperidine rings is 1. The number of hydrogen-bond acceptors (Lipinski definition) is 4. The number of likely N-dealkylation sites (tertiary alicyclic amines) is 1. The molecule has 1 fully saturated rings. The Balaban J connectivity index is 1.33. The van der Waals surface area contributed by atoms with Crippen LogP contribution >= 0.6 is 0 Å². The van der Waals surface area contributed by atoms with Crippen molar-refractivity contribution >= 4 is 34.4 Å².